The molecular formula is C30H35N2O2+. The van der Waals surface area contributed by atoms with E-state index in [1.54, 1.807) is 7.11 Å². The molecule has 4 heteroatoms. The molecule has 2 bridgehead atoms. The molecule has 0 amide bonds. The van der Waals surface area contributed by atoms with Crippen LogP contribution in [0.2, 0.25) is 0 Å². The number of aromatic nitrogens is 1. The minimum Gasteiger partial charge on any atom is -0.497 e. The normalized spacial score (nSPS) is 26.8. The fourth-order valence-electron chi connectivity index (χ4n) is 6.41. The number of hydrogen-bond acceptors (Lipinski definition) is 3. The predicted octanol–water partition coefficient (Wildman–Crippen LogP) is 6.10. The number of pyridine rings is 1. The van der Waals surface area contributed by atoms with Gasteiger partial charge in [-0.25, -0.2) is 0 Å². The van der Waals surface area contributed by atoms with Gasteiger partial charge in [-0.1, -0.05) is 42.5 Å². The van der Waals surface area contributed by atoms with Crippen molar-refractivity contribution in [3.8, 4) is 5.75 Å². The van der Waals surface area contributed by atoms with Gasteiger partial charge in [0.25, 0.3) is 0 Å². The zero-order chi connectivity index (χ0) is 23.5. The molecular weight excluding hydrogens is 420 g/mol. The van der Waals surface area contributed by atoms with E-state index < -0.39 is 0 Å². The van der Waals surface area contributed by atoms with E-state index in [0.717, 1.165) is 40.6 Å². The number of piperidine rings is 3. The van der Waals surface area contributed by atoms with Crippen LogP contribution in [0.4, 0.5) is 0 Å². The number of benzene rings is 2. The summed E-state index contributed by atoms with van der Waals surface area (Å²) in [5.74, 6) is 2.06. The molecule has 3 aliphatic heterocycles. The molecule has 34 heavy (non-hydrogen) atoms. The Labute approximate surface area is 203 Å². The Morgan fingerprint density at radius 2 is 2.00 bits per heavy atom. The Hall–Kier alpha value is -2.95. The third kappa shape index (κ3) is 4.17. The maximum absolute atomic E-state index is 6.65. The first-order valence-corrected chi connectivity index (χ1v) is 12.3. The maximum Gasteiger partial charge on any atom is 0.135 e. The minimum atomic E-state index is -0.0483. The molecule has 176 valence electrons. The van der Waals surface area contributed by atoms with Crippen LogP contribution >= 0.6 is 0 Å². The number of ether oxygens (including phenoxy) is 2. The molecule has 6 rings (SSSR count). The third-order valence-corrected chi connectivity index (χ3v) is 8.05. The average Bonchev–Trinajstić information content (AvgIpc) is 2.89. The van der Waals surface area contributed by atoms with Crippen LogP contribution < -0.4 is 4.74 Å². The second-order valence-electron chi connectivity index (χ2n) is 9.85. The van der Waals surface area contributed by atoms with Crippen LogP contribution in [0, 0.1) is 11.8 Å². The molecule has 0 aliphatic carbocycles. The lowest BCUT2D eigenvalue weighted by Gasteiger charge is -2.58. The summed E-state index contributed by atoms with van der Waals surface area (Å²) in [5.41, 5.74) is 3.56. The standard InChI is InChI=1S/C30H35N2O2/c1-4-17-34-30(26-13-15-31-28-12-11-25(33-3)19-27(26)28)29-18-24-14-16-32(29,21-23(24)5-2)20-22-9-7-6-8-10-22/h4-13,15,19,23-24,29-30H,1-2,14,16-18,20-21H2,3H3/q+1/t23?,24?,29?,30-,32?/m1/s1. The number of nitrogens with zero attached hydrogens (tertiary/aromatic N) is 2. The summed E-state index contributed by atoms with van der Waals surface area (Å²) in [7, 11) is 1.71. The van der Waals surface area contributed by atoms with Crippen LogP contribution in [0.3, 0.4) is 0 Å². The van der Waals surface area contributed by atoms with Crippen molar-refractivity contribution in [2.45, 2.75) is 31.5 Å². The molecule has 5 atom stereocenters. The summed E-state index contributed by atoms with van der Waals surface area (Å²) in [6.07, 6.45) is 8.32. The van der Waals surface area contributed by atoms with Gasteiger partial charge in [0, 0.05) is 35.9 Å². The van der Waals surface area contributed by atoms with Crippen LogP contribution in [0.1, 0.15) is 30.1 Å². The monoisotopic (exact) mass is 455 g/mol. The van der Waals surface area contributed by atoms with Crippen LogP contribution in [-0.2, 0) is 11.3 Å². The van der Waals surface area contributed by atoms with E-state index in [4.69, 9.17) is 9.47 Å². The van der Waals surface area contributed by atoms with Gasteiger partial charge in [0.05, 0.1) is 32.3 Å². The highest BCUT2D eigenvalue weighted by molar-refractivity contribution is 5.84. The fraction of sp³-hybridized carbons (Fsp3) is 0.367. The van der Waals surface area contributed by atoms with E-state index >= 15 is 0 Å². The first-order chi connectivity index (χ1) is 16.7. The summed E-state index contributed by atoms with van der Waals surface area (Å²) in [6, 6.07) is 19.5. The number of fused-ring (bicyclic) bond motifs is 4. The van der Waals surface area contributed by atoms with Crippen LogP contribution in [0.15, 0.2) is 86.1 Å². The maximum atomic E-state index is 6.65. The Bertz CT molecular complexity index is 1160. The number of hydrogen-bond donors (Lipinski definition) is 0. The van der Waals surface area contributed by atoms with E-state index in [-0.39, 0.29) is 6.10 Å². The fourth-order valence-corrected chi connectivity index (χ4v) is 6.41. The van der Waals surface area contributed by atoms with E-state index in [2.05, 4.69) is 66.7 Å². The molecule has 0 radical (unpaired) electrons. The van der Waals surface area contributed by atoms with Gasteiger partial charge in [0.1, 0.15) is 24.4 Å². The molecule has 0 spiro atoms. The summed E-state index contributed by atoms with van der Waals surface area (Å²) < 4.78 is 13.2. The van der Waals surface area contributed by atoms with Gasteiger partial charge in [-0.2, -0.15) is 0 Å². The van der Waals surface area contributed by atoms with Crippen LogP contribution in [0.5, 0.6) is 5.75 Å². The molecule has 3 saturated heterocycles. The summed E-state index contributed by atoms with van der Waals surface area (Å²) in [4.78, 5) is 4.63. The molecule has 0 N–H and O–H groups in total. The van der Waals surface area contributed by atoms with Crippen molar-refractivity contribution in [3.63, 3.8) is 0 Å². The Morgan fingerprint density at radius 3 is 2.76 bits per heavy atom. The minimum absolute atomic E-state index is 0.0483. The van der Waals surface area contributed by atoms with Crippen molar-refractivity contribution in [2.75, 3.05) is 26.8 Å². The quantitative estimate of drug-likeness (QED) is 0.289. The van der Waals surface area contributed by atoms with E-state index in [0.29, 0.717) is 24.5 Å². The highest BCUT2D eigenvalue weighted by Gasteiger charge is 2.54. The predicted molar refractivity (Wildman–Crippen MR) is 138 cm³/mol. The molecule has 3 aliphatic rings. The molecule has 3 fully saturated rings. The van der Waals surface area contributed by atoms with Crippen molar-refractivity contribution in [3.05, 3.63) is 97.2 Å². The number of rotatable bonds is 9. The first-order valence-electron chi connectivity index (χ1n) is 12.3. The van der Waals surface area contributed by atoms with E-state index in [1.807, 2.05) is 24.4 Å². The molecule has 4 nitrogen and oxygen atoms in total. The smallest absolute Gasteiger partial charge is 0.135 e. The summed E-state index contributed by atoms with van der Waals surface area (Å²) in [5, 5.41) is 1.11. The summed E-state index contributed by atoms with van der Waals surface area (Å²) >= 11 is 0. The first kappa shape index (κ1) is 22.8. The van der Waals surface area contributed by atoms with Crippen LogP contribution in [0.25, 0.3) is 10.9 Å². The topological polar surface area (TPSA) is 31.4 Å². The molecule has 1 aromatic heterocycles. The Balaban J connectivity index is 1.62. The molecule has 4 unspecified atom stereocenters. The summed E-state index contributed by atoms with van der Waals surface area (Å²) in [6.45, 7) is 12.0. The van der Waals surface area contributed by atoms with Gasteiger partial charge < -0.3 is 14.0 Å². The lowest BCUT2D eigenvalue weighted by atomic mass is 9.71. The zero-order valence-electron chi connectivity index (χ0n) is 20.1. The number of quaternary nitrogens is 1. The molecule has 3 aromatic rings. The average molecular weight is 456 g/mol. The van der Waals surface area contributed by atoms with E-state index in [9.17, 15) is 0 Å². The highest BCUT2D eigenvalue weighted by atomic mass is 16.5. The van der Waals surface area contributed by atoms with Gasteiger partial charge >= 0.3 is 0 Å². The van der Waals surface area contributed by atoms with Crippen LogP contribution in [-0.4, -0.2) is 42.3 Å². The van der Waals surface area contributed by atoms with Crippen molar-refractivity contribution >= 4 is 10.9 Å². The van der Waals surface area contributed by atoms with Gasteiger partial charge in [0.15, 0.2) is 0 Å². The van der Waals surface area contributed by atoms with Crippen molar-refractivity contribution < 1.29 is 14.0 Å². The third-order valence-electron chi connectivity index (χ3n) is 8.05. The highest BCUT2D eigenvalue weighted by Crippen LogP contribution is 2.49. The Kier molecular flexibility index (Phi) is 6.53. The van der Waals surface area contributed by atoms with Gasteiger partial charge in [0.2, 0.25) is 0 Å². The lowest BCUT2D eigenvalue weighted by Crippen LogP contribution is -2.67. The lowest BCUT2D eigenvalue weighted by molar-refractivity contribution is -0.985. The second kappa shape index (κ2) is 9.73. The molecule has 4 heterocycles. The Morgan fingerprint density at radius 1 is 1.15 bits per heavy atom. The van der Waals surface area contributed by atoms with Crippen molar-refractivity contribution in [2.24, 2.45) is 11.8 Å². The second-order valence-corrected chi connectivity index (χ2v) is 9.85. The van der Waals surface area contributed by atoms with Gasteiger partial charge in [-0.15, -0.1) is 13.2 Å². The van der Waals surface area contributed by atoms with E-state index in [1.165, 1.54) is 24.1 Å². The molecule has 0 saturated carbocycles. The largest absolute Gasteiger partial charge is 0.497 e. The van der Waals surface area contributed by atoms with Gasteiger partial charge in [-0.05, 0) is 35.7 Å². The zero-order valence-corrected chi connectivity index (χ0v) is 20.1. The van der Waals surface area contributed by atoms with Gasteiger partial charge in [-0.3, -0.25) is 4.98 Å². The molecule has 2 aromatic carbocycles. The van der Waals surface area contributed by atoms with Crippen molar-refractivity contribution in [1.82, 2.24) is 4.98 Å². The van der Waals surface area contributed by atoms with Crippen molar-refractivity contribution in [1.29, 1.82) is 0 Å². The number of methoxy groups -OCH3 is 1. The SMILES string of the molecule is C=CCO[C@H](c1ccnc2ccc(OC)cc12)C1CC2CC[N+]1(Cc1ccccc1)CC2C=C.